The summed E-state index contributed by atoms with van der Waals surface area (Å²) in [6.45, 7) is 25.4. The van der Waals surface area contributed by atoms with Crippen LogP contribution < -0.4 is 0 Å². The van der Waals surface area contributed by atoms with E-state index in [2.05, 4.69) is 0 Å². The number of carbonyl (C=O) groups is 4. The van der Waals surface area contributed by atoms with Crippen LogP contribution in [0.5, 0.6) is 0 Å². The summed E-state index contributed by atoms with van der Waals surface area (Å²) in [5.41, 5.74) is -2.61. The van der Waals surface area contributed by atoms with Gasteiger partial charge in [0.1, 0.15) is 75.3 Å². The van der Waals surface area contributed by atoms with Gasteiger partial charge in [-0.25, -0.2) is 19.2 Å². The molecular weight excluding hydrogens is 1140 g/mol. The Morgan fingerprint density at radius 2 is 0.500 bits per heavy atom. The van der Waals surface area contributed by atoms with Gasteiger partial charge in [-0.05, 0) is 123 Å². The molecule has 86 heavy (non-hydrogen) atoms. The summed E-state index contributed by atoms with van der Waals surface area (Å²) >= 11 is 0. The summed E-state index contributed by atoms with van der Waals surface area (Å²) in [6.07, 6.45) is -13.5. The van der Waals surface area contributed by atoms with E-state index < -0.39 is 189 Å². The first-order chi connectivity index (χ1) is 39.8. The number of rotatable bonds is 8. The van der Waals surface area contributed by atoms with Crippen molar-refractivity contribution in [3.8, 4) is 0 Å². The van der Waals surface area contributed by atoms with Crippen LogP contribution >= 0.6 is 0 Å². The van der Waals surface area contributed by atoms with Gasteiger partial charge >= 0.3 is 23.9 Å². The Morgan fingerprint density at radius 3 is 0.674 bits per heavy atom. The number of benzene rings is 1. The average molecular weight is 1220 g/mol. The van der Waals surface area contributed by atoms with Crippen LogP contribution in [-0.2, 0) is 114 Å². The van der Waals surface area contributed by atoms with Gasteiger partial charge in [0.05, 0.1) is 48.7 Å². The zero-order valence-corrected chi connectivity index (χ0v) is 51.2. The van der Waals surface area contributed by atoms with Gasteiger partial charge in [0.15, 0.2) is 70.7 Å². The van der Waals surface area contributed by atoms with Gasteiger partial charge in [-0.2, -0.15) is 0 Å². The van der Waals surface area contributed by atoms with Crippen molar-refractivity contribution in [1.82, 2.24) is 0 Å². The fourth-order valence-corrected chi connectivity index (χ4v) is 13.7. The van der Waals surface area contributed by atoms with Crippen LogP contribution in [0.15, 0.2) is 12.1 Å². The molecule has 16 atom stereocenters. The summed E-state index contributed by atoms with van der Waals surface area (Å²) in [5.74, 6) is -22.3. The molecule has 0 amide bonds. The minimum absolute atomic E-state index is 0.0607. The minimum Gasteiger partial charge on any atom is -0.450 e. The zero-order valence-electron chi connectivity index (χ0n) is 51.2. The normalized spacial score (nSPS) is 43.6. The maximum atomic E-state index is 15.8. The molecule has 28 nitrogen and oxygen atoms in total. The first-order valence-electron chi connectivity index (χ1n) is 29.2. The number of ether oxygens (including phenoxy) is 24. The number of esters is 4. The number of hydrogen-bond donors (Lipinski definition) is 0. The first kappa shape index (κ1) is 61.2. The molecule has 4 spiro atoms. The van der Waals surface area contributed by atoms with Gasteiger partial charge in [0.25, 0.3) is 0 Å². The highest BCUT2D eigenvalue weighted by Crippen LogP contribution is 2.51. The third-order valence-corrected chi connectivity index (χ3v) is 16.9. The Balaban J connectivity index is 0.966. The predicted octanol–water partition coefficient (Wildman–Crippen LogP) is 3.91. The Morgan fingerprint density at radius 1 is 0.302 bits per heavy atom. The average Bonchev–Trinajstić information content (AvgIpc) is 1.59. The van der Waals surface area contributed by atoms with Crippen LogP contribution in [-0.4, -0.2) is 219 Å². The highest BCUT2D eigenvalue weighted by atomic mass is 16.9. The molecule has 12 fully saturated rings. The van der Waals surface area contributed by atoms with Crippen molar-refractivity contribution in [2.75, 3.05) is 52.9 Å². The lowest BCUT2D eigenvalue weighted by Crippen LogP contribution is -2.63. The molecule has 1 aromatic rings. The van der Waals surface area contributed by atoms with E-state index in [1.165, 1.54) is 0 Å². The summed E-state index contributed by atoms with van der Waals surface area (Å²) in [7, 11) is 0. The third kappa shape index (κ3) is 10.8. The monoisotopic (exact) mass is 1220 g/mol. The molecule has 0 bridgehead atoms. The SMILES string of the molecule is CC1(C)O[C@@H]2[C@@H](CO[C@]3(COC(C)(C)O3)[C@H]2OC(=O)c2cc(C(=O)O[C@H]3[C@@H]4OC(C)(C)O[C@@H]4CO[C@]34COC(C)(C)O4)c(C(=O)O[C@H]3[C@@H]4OC(C)(C)O[C@@H]4CO[C@]34COC(C)(C)O4)cc2C(=O)O[C@H]2[C@@H]3OC(C)(C)O[C@@H]3CO[C@]23COC(C)(C)O3)O1. The van der Waals surface area contributed by atoms with E-state index in [1.54, 1.807) is 111 Å². The maximum absolute atomic E-state index is 15.8. The highest BCUT2D eigenvalue weighted by molar-refractivity contribution is 6.10. The fourth-order valence-electron chi connectivity index (χ4n) is 13.7. The quantitative estimate of drug-likeness (QED) is 0.263. The van der Waals surface area contributed by atoms with E-state index in [4.69, 9.17) is 114 Å². The molecule has 0 aliphatic carbocycles. The van der Waals surface area contributed by atoms with Crippen LogP contribution in [0.3, 0.4) is 0 Å². The molecule has 478 valence electrons. The molecule has 0 N–H and O–H groups in total. The Kier molecular flexibility index (Phi) is 14.2. The first-order valence-corrected chi connectivity index (χ1v) is 29.2. The topological polar surface area (TPSA) is 290 Å². The molecule has 12 heterocycles. The highest BCUT2D eigenvalue weighted by Gasteiger charge is 2.69. The van der Waals surface area contributed by atoms with Gasteiger partial charge in [0, 0.05) is 0 Å². The van der Waals surface area contributed by atoms with E-state index in [0.29, 0.717) is 0 Å². The second kappa shape index (κ2) is 19.9. The lowest BCUT2D eigenvalue weighted by molar-refractivity contribution is -0.325. The van der Waals surface area contributed by atoms with Crippen LogP contribution in [0.1, 0.15) is 152 Å². The molecule has 13 rings (SSSR count). The van der Waals surface area contributed by atoms with E-state index in [9.17, 15) is 0 Å². The molecule has 12 aliphatic heterocycles. The molecular formula is C58H78O28. The van der Waals surface area contributed by atoms with Crippen LogP contribution in [0.2, 0.25) is 0 Å². The van der Waals surface area contributed by atoms with E-state index >= 15 is 19.2 Å². The molecule has 12 aliphatic rings. The largest absolute Gasteiger partial charge is 0.450 e. The van der Waals surface area contributed by atoms with Crippen molar-refractivity contribution in [1.29, 1.82) is 0 Å². The lowest BCUT2D eigenvalue weighted by Gasteiger charge is -2.44. The lowest BCUT2D eigenvalue weighted by atomic mass is 9.94. The second-order valence-electron chi connectivity index (χ2n) is 27.5. The van der Waals surface area contributed by atoms with E-state index in [-0.39, 0.29) is 52.9 Å². The van der Waals surface area contributed by atoms with Gasteiger partial charge in [0.2, 0.25) is 23.1 Å². The van der Waals surface area contributed by atoms with Crippen molar-refractivity contribution in [3.05, 3.63) is 34.4 Å². The Hall–Kier alpha value is -3.70. The Labute approximate surface area is 496 Å². The smallest absolute Gasteiger partial charge is 0.339 e. The van der Waals surface area contributed by atoms with Gasteiger partial charge in [-0.15, -0.1) is 0 Å². The second-order valence-corrected chi connectivity index (χ2v) is 27.5. The number of fused-ring (bicyclic) bond motifs is 4. The van der Waals surface area contributed by atoms with Crippen LogP contribution in [0.25, 0.3) is 0 Å². The number of hydrogen-bond acceptors (Lipinski definition) is 28. The van der Waals surface area contributed by atoms with Crippen molar-refractivity contribution < 1.29 is 133 Å². The standard InChI is InChI=1S/C58H78O28/c1-47(2)67-23-55(83-47)39(35-31(19-63-55)75-51(9,10)79-35)71-43(59)27-17-29(45(61)73-41-37-33(77-53(13,14)81-37)21-65-57(41)25-69-49(5,6)85-57)30(46(62)74-42-38-34(78-54(15,16)82-38)22-66-58(42)26-70-50(7,8)86-58)18-28(27)44(60)72-40-36-32(76-52(11,12)80-36)20-64-56(40)24-68-48(3,4)84-56/h17-18,31-42H,19-26H2,1-16H3/t31-,32-,33-,34-,35-,36-,37-,38-,39+,40+,41+,42+,55+,56+,57+,58+/m1/s1. The van der Waals surface area contributed by atoms with E-state index in [1.807, 2.05) is 0 Å². The van der Waals surface area contributed by atoms with E-state index in [0.717, 1.165) is 12.1 Å². The summed E-state index contributed by atoms with van der Waals surface area (Å²) < 4.78 is 152. The fraction of sp³-hybridized carbons (Fsp3) is 0.828. The van der Waals surface area contributed by atoms with Gasteiger partial charge in [-0.1, -0.05) is 0 Å². The van der Waals surface area contributed by atoms with Crippen molar-refractivity contribution >= 4 is 23.9 Å². The third-order valence-electron chi connectivity index (χ3n) is 16.9. The maximum Gasteiger partial charge on any atom is 0.339 e. The molecule has 0 radical (unpaired) electrons. The summed E-state index contributed by atoms with van der Waals surface area (Å²) in [4.78, 5) is 63.3. The molecule has 12 saturated heterocycles. The summed E-state index contributed by atoms with van der Waals surface area (Å²) in [6, 6.07) is 1.91. The number of carbonyl (C=O) groups excluding carboxylic acids is 4. The van der Waals surface area contributed by atoms with Crippen molar-refractivity contribution in [2.24, 2.45) is 0 Å². The molecule has 1 aromatic carbocycles. The minimum atomic E-state index is -1.81. The molecule has 0 saturated carbocycles. The van der Waals surface area contributed by atoms with Gasteiger partial charge < -0.3 is 114 Å². The molecule has 0 unspecified atom stereocenters. The Bertz CT molecular complexity index is 2530. The van der Waals surface area contributed by atoms with Crippen molar-refractivity contribution in [3.63, 3.8) is 0 Å². The van der Waals surface area contributed by atoms with Crippen molar-refractivity contribution in [2.45, 2.75) is 253 Å². The van der Waals surface area contributed by atoms with Crippen LogP contribution in [0, 0.1) is 0 Å². The van der Waals surface area contributed by atoms with Gasteiger partial charge in [-0.3, -0.25) is 0 Å². The molecule has 28 heteroatoms. The molecule has 0 aromatic heterocycles. The predicted molar refractivity (Wildman–Crippen MR) is 278 cm³/mol. The summed E-state index contributed by atoms with van der Waals surface area (Å²) in [5, 5.41) is 0. The van der Waals surface area contributed by atoms with Crippen LogP contribution in [0.4, 0.5) is 0 Å². The zero-order chi connectivity index (χ0) is 61.6.